The summed E-state index contributed by atoms with van der Waals surface area (Å²) in [7, 11) is -1.19. The summed E-state index contributed by atoms with van der Waals surface area (Å²) >= 11 is 3.42. The third-order valence-corrected chi connectivity index (χ3v) is 7.36. The first-order valence-corrected chi connectivity index (χ1v) is 12.1. The van der Waals surface area contributed by atoms with Gasteiger partial charge in [-0.1, -0.05) is 30.3 Å². The first-order valence-electron chi connectivity index (χ1n) is 9.87. The number of nitrogens with one attached hydrogen (secondary N) is 1. The van der Waals surface area contributed by atoms with Gasteiger partial charge in [0.2, 0.25) is 0 Å². The SMILES string of the molecule is COc1ccc(S(=O)(=O)N(CC(=C=O)Nc2ccccc2Br)c2ccccc2C)cc1OC. The zero-order valence-corrected chi connectivity index (χ0v) is 20.7. The Balaban J connectivity index is 2.08. The molecule has 0 radical (unpaired) electrons. The first kappa shape index (κ1) is 24.4. The van der Waals surface area contributed by atoms with Gasteiger partial charge >= 0.3 is 0 Å². The van der Waals surface area contributed by atoms with Crippen molar-refractivity contribution in [1.82, 2.24) is 0 Å². The number of halogens is 1. The van der Waals surface area contributed by atoms with E-state index in [-0.39, 0.29) is 22.9 Å². The smallest absolute Gasteiger partial charge is 0.264 e. The van der Waals surface area contributed by atoms with E-state index in [9.17, 15) is 13.2 Å². The van der Waals surface area contributed by atoms with Gasteiger partial charge in [-0.2, -0.15) is 0 Å². The molecular formula is C24H23BrN2O5S. The second-order valence-corrected chi connectivity index (χ2v) is 9.72. The summed E-state index contributed by atoms with van der Waals surface area (Å²) in [6.07, 6.45) is 0. The molecule has 3 aromatic carbocycles. The Morgan fingerprint density at radius 2 is 1.67 bits per heavy atom. The van der Waals surface area contributed by atoms with Crippen LogP contribution in [0, 0.1) is 6.92 Å². The maximum absolute atomic E-state index is 13.8. The summed E-state index contributed by atoms with van der Waals surface area (Å²) < 4.78 is 40.0. The van der Waals surface area contributed by atoms with Gasteiger partial charge in [0.25, 0.3) is 10.0 Å². The van der Waals surface area contributed by atoms with Crippen molar-refractivity contribution in [1.29, 1.82) is 0 Å². The molecule has 3 rings (SSSR count). The summed E-state index contributed by atoms with van der Waals surface area (Å²) in [4.78, 5) is 11.8. The van der Waals surface area contributed by atoms with Gasteiger partial charge in [0.05, 0.1) is 37.0 Å². The van der Waals surface area contributed by atoms with Gasteiger partial charge in [-0.25, -0.2) is 13.2 Å². The Kier molecular flexibility index (Phi) is 7.81. The highest BCUT2D eigenvalue weighted by atomic mass is 79.9. The Labute approximate surface area is 201 Å². The minimum Gasteiger partial charge on any atom is -0.493 e. The van der Waals surface area contributed by atoms with E-state index in [1.165, 1.54) is 36.7 Å². The fourth-order valence-electron chi connectivity index (χ4n) is 3.21. The molecule has 0 atom stereocenters. The quantitative estimate of drug-likeness (QED) is 0.400. The molecular weight excluding hydrogens is 508 g/mol. The van der Waals surface area contributed by atoms with E-state index in [0.29, 0.717) is 17.1 Å². The lowest BCUT2D eigenvalue weighted by atomic mass is 10.2. The van der Waals surface area contributed by atoms with Crippen LogP contribution in [-0.4, -0.2) is 35.1 Å². The number of ether oxygens (including phenoxy) is 2. The topological polar surface area (TPSA) is 84.9 Å². The maximum Gasteiger partial charge on any atom is 0.264 e. The van der Waals surface area contributed by atoms with Gasteiger partial charge in [0.15, 0.2) is 11.5 Å². The Hall–Kier alpha value is -3.26. The van der Waals surface area contributed by atoms with Crippen molar-refractivity contribution < 1.29 is 22.7 Å². The van der Waals surface area contributed by atoms with Crippen LogP contribution in [0.1, 0.15) is 5.56 Å². The molecule has 0 amide bonds. The standard InChI is InChI=1S/C24H23BrN2O5S/c1-17-8-4-7-11-22(17)27(15-18(16-28)26-21-10-6-5-9-20(21)25)33(29,30)19-12-13-23(31-2)24(14-19)32-3/h4-14,26H,15H2,1-3H3. The van der Waals surface area contributed by atoms with Crippen LogP contribution in [0.4, 0.5) is 11.4 Å². The lowest BCUT2D eigenvalue weighted by Crippen LogP contribution is -2.35. The first-order chi connectivity index (χ1) is 15.8. The molecule has 0 saturated heterocycles. The zero-order valence-electron chi connectivity index (χ0n) is 18.3. The molecule has 0 fully saturated rings. The van der Waals surface area contributed by atoms with E-state index < -0.39 is 10.0 Å². The van der Waals surface area contributed by atoms with Crippen LogP contribution in [-0.2, 0) is 14.8 Å². The Bertz CT molecular complexity index is 1300. The molecule has 3 aromatic rings. The van der Waals surface area contributed by atoms with Crippen LogP contribution in [0.15, 0.2) is 81.8 Å². The highest BCUT2D eigenvalue weighted by molar-refractivity contribution is 9.10. The third kappa shape index (κ3) is 5.39. The van der Waals surface area contributed by atoms with Crippen LogP contribution in [0.5, 0.6) is 11.5 Å². The van der Waals surface area contributed by atoms with Crippen molar-refractivity contribution in [3.8, 4) is 11.5 Å². The van der Waals surface area contributed by atoms with E-state index >= 15 is 0 Å². The van der Waals surface area contributed by atoms with Gasteiger partial charge in [-0.15, -0.1) is 0 Å². The average Bonchev–Trinajstić information content (AvgIpc) is 2.82. The van der Waals surface area contributed by atoms with Crippen molar-refractivity contribution in [2.24, 2.45) is 0 Å². The summed E-state index contributed by atoms with van der Waals surface area (Å²) in [5.41, 5.74) is 1.83. The van der Waals surface area contributed by atoms with Crippen LogP contribution < -0.4 is 19.1 Å². The molecule has 1 N–H and O–H groups in total. The largest absolute Gasteiger partial charge is 0.493 e. The number of sulfonamides is 1. The van der Waals surface area contributed by atoms with Gasteiger partial charge in [0.1, 0.15) is 11.6 Å². The molecule has 7 nitrogen and oxygen atoms in total. The predicted octanol–water partition coefficient (Wildman–Crippen LogP) is 4.80. The van der Waals surface area contributed by atoms with Gasteiger partial charge < -0.3 is 14.8 Å². The molecule has 0 unspecified atom stereocenters. The third-order valence-electron chi connectivity index (χ3n) is 4.91. The molecule has 0 saturated carbocycles. The number of hydrogen-bond acceptors (Lipinski definition) is 6. The van der Waals surface area contributed by atoms with Crippen molar-refractivity contribution in [3.05, 3.63) is 82.5 Å². The molecule has 0 aliphatic heterocycles. The van der Waals surface area contributed by atoms with Crippen molar-refractivity contribution in [3.63, 3.8) is 0 Å². The number of methoxy groups -OCH3 is 2. The van der Waals surface area contributed by atoms with Gasteiger partial charge in [-0.3, -0.25) is 4.31 Å². The Morgan fingerprint density at radius 1 is 1.00 bits per heavy atom. The number of para-hydroxylation sites is 2. The van der Waals surface area contributed by atoms with Crippen LogP contribution in [0.25, 0.3) is 0 Å². The van der Waals surface area contributed by atoms with Crippen molar-refractivity contribution >= 4 is 43.3 Å². The second-order valence-electron chi connectivity index (χ2n) is 7.00. The zero-order chi connectivity index (χ0) is 24.0. The fraction of sp³-hybridized carbons (Fsp3) is 0.167. The second kappa shape index (κ2) is 10.6. The summed E-state index contributed by atoms with van der Waals surface area (Å²) in [6, 6.07) is 18.6. The number of hydrogen-bond donors (Lipinski definition) is 1. The molecule has 9 heteroatoms. The number of anilines is 2. The lowest BCUT2D eigenvalue weighted by Gasteiger charge is -2.27. The van der Waals surface area contributed by atoms with E-state index in [2.05, 4.69) is 21.2 Å². The minimum atomic E-state index is -4.10. The van der Waals surface area contributed by atoms with E-state index in [4.69, 9.17) is 9.47 Å². The van der Waals surface area contributed by atoms with Crippen LogP contribution in [0.3, 0.4) is 0 Å². The number of nitrogens with zero attached hydrogens (tertiary/aromatic N) is 1. The maximum atomic E-state index is 13.8. The highest BCUT2D eigenvalue weighted by Crippen LogP contribution is 2.33. The molecule has 0 aromatic heterocycles. The summed E-state index contributed by atoms with van der Waals surface area (Å²) in [5, 5.41) is 2.98. The number of aryl methyl sites for hydroxylation is 1. The molecule has 0 heterocycles. The van der Waals surface area contributed by atoms with E-state index in [1.807, 2.05) is 24.1 Å². The van der Waals surface area contributed by atoms with E-state index in [0.717, 1.165) is 10.0 Å². The molecule has 0 bridgehead atoms. The molecule has 0 aliphatic rings. The molecule has 33 heavy (non-hydrogen) atoms. The number of rotatable bonds is 9. The fourth-order valence-corrected chi connectivity index (χ4v) is 5.11. The van der Waals surface area contributed by atoms with Crippen molar-refractivity contribution in [2.45, 2.75) is 11.8 Å². The number of benzene rings is 3. The average molecular weight is 531 g/mol. The van der Waals surface area contributed by atoms with E-state index in [1.54, 1.807) is 37.3 Å². The molecule has 0 spiro atoms. The minimum absolute atomic E-state index is 0.00505. The van der Waals surface area contributed by atoms with Crippen LogP contribution in [0.2, 0.25) is 0 Å². The normalized spacial score (nSPS) is 10.8. The predicted molar refractivity (Wildman–Crippen MR) is 132 cm³/mol. The lowest BCUT2D eigenvalue weighted by molar-refractivity contribution is 0.354. The Morgan fingerprint density at radius 3 is 2.30 bits per heavy atom. The summed E-state index contributed by atoms with van der Waals surface area (Å²) in [6.45, 7) is 1.55. The highest BCUT2D eigenvalue weighted by Gasteiger charge is 2.28. The van der Waals surface area contributed by atoms with Gasteiger partial charge in [0, 0.05) is 10.5 Å². The van der Waals surface area contributed by atoms with Crippen molar-refractivity contribution in [2.75, 3.05) is 30.4 Å². The number of carbonyl (C=O) groups excluding carboxylic acids is 1. The summed E-state index contributed by atoms with van der Waals surface area (Å²) in [5.74, 6) is 2.53. The monoisotopic (exact) mass is 530 g/mol. The van der Waals surface area contributed by atoms with Gasteiger partial charge in [-0.05, 0) is 58.7 Å². The molecule has 172 valence electrons. The van der Waals surface area contributed by atoms with Crippen LogP contribution >= 0.6 is 15.9 Å². The molecule has 0 aliphatic carbocycles.